The second-order valence-corrected chi connectivity index (χ2v) is 5.47. The summed E-state index contributed by atoms with van der Waals surface area (Å²) in [6, 6.07) is 7.58. The predicted molar refractivity (Wildman–Crippen MR) is 68.8 cm³/mol. The van der Waals surface area contributed by atoms with Crippen LogP contribution in [0.15, 0.2) is 24.3 Å². The van der Waals surface area contributed by atoms with Crippen LogP contribution < -0.4 is 5.32 Å². The van der Waals surface area contributed by atoms with Gasteiger partial charge < -0.3 is 10.1 Å². The maximum Gasteiger partial charge on any atom is 0.129 e. The molecule has 1 unspecified atom stereocenters. The van der Waals surface area contributed by atoms with E-state index in [9.17, 15) is 4.39 Å². The Kier molecular flexibility index (Phi) is 3.62. The summed E-state index contributed by atoms with van der Waals surface area (Å²) < 4.78 is 19.7. The van der Waals surface area contributed by atoms with Crippen molar-refractivity contribution < 1.29 is 9.13 Å². The van der Waals surface area contributed by atoms with Crippen molar-refractivity contribution in [2.45, 2.75) is 37.8 Å². The Morgan fingerprint density at radius 1 is 1.22 bits per heavy atom. The highest BCUT2D eigenvalue weighted by molar-refractivity contribution is 5.20. The SMILES string of the molecule is Fc1ccccc1C(CNC1CC1)OCC1CC1. The second kappa shape index (κ2) is 5.37. The average molecular weight is 249 g/mol. The maximum atomic E-state index is 13.8. The van der Waals surface area contributed by atoms with Crippen molar-refractivity contribution in [2.24, 2.45) is 5.92 Å². The smallest absolute Gasteiger partial charge is 0.129 e. The van der Waals surface area contributed by atoms with E-state index in [0.717, 1.165) is 13.2 Å². The van der Waals surface area contributed by atoms with Gasteiger partial charge in [-0.2, -0.15) is 0 Å². The van der Waals surface area contributed by atoms with Crippen LogP contribution in [0.2, 0.25) is 0 Å². The Hall–Kier alpha value is -0.930. The van der Waals surface area contributed by atoms with Gasteiger partial charge in [0.25, 0.3) is 0 Å². The second-order valence-electron chi connectivity index (χ2n) is 5.47. The van der Waals surface area contributed by atoms with Crippen LogP contribution in [0.1, 0.15) is 37.4 Å². The molecule has 0 spiro atoms. The summed E-state index contributed by atoms with van der Waals surface area (Å²) >= 11 is 0. The molecule has 2 saturated carbocycles. The molecule has 98 valence electrons. The Bertz CT molecular complexity index is 385. The van der Waals surface area contributed by atoms with E-state index < -0.39 is 0 Å². The van der Waals surface area contributed by atoms with Crippen LogP contribution in [0, 0.1) is 11.7 Å². The minimum atomic E-state index is -0.157. The molecular formula is C15H20FNO. The lowest BCUT2D eigenvalue weighted by Gasteiger charge is -2.19. The van der Waals surface area contributed by atoms with Crippen molar-refractivity contribution in [3.05, 3.63) is 35.6 Å². The molecule has 0 radical (unpaired) electrons. The summed E-state index contributed by atoms with van der Waals surface area (Å²) in [6.45, 7) is 1.49. The predicted octanol–water partition coefficient (Wildman–Crippen LogP) is 3.05. The molecule has 0 amide bonds. The molecule has 0 saturated heterocycles. The molecule has 1 N–H and O–H groups in total. The first kappa shape index (κ1) is 12.1. The summed E-state index contributed by atoms with van der Waals surface area (Å²) in [7, 11) is 0. The van der Waals surface area contributed by atoms with Crippen LogP contribution in [0.3, 0.4) is 0 Å². The first-order chi connectivity index (χ1) is 8.83. The van der Waals surface area contributed by atoms with Gasteiger partial charge in [-0.05, 0) is 37.7 Å². The Balaban J connectivity index is 1.63. The zero-order valence-corrected chi connectivity index (χ0v) is 10.6. The maximum absolute atomic E-state index is 13.8. The molecule has 0 aliphatic heterocycles. The van der Waals surface area contributed by atoms with Gasteiger partial charge in [0.15, 0.2) is 0 Å². The van der Waals surface area contributed by atoms with Crippen LogP contribution in [0.5, 0.6) is 0 Å². The van der Waals surface area contributed by atoms with Crippen LogP contribution >= 0.6 is 0 Å². The molecule has 1 aromatic rings. The van der Waals surface area contributed by atoms with Crippen LogP contribution in [0.4, 0.5) is 4.39 Å². The lowest BCUT2D eigenvalue weighted by atomic mass is 10.1. The Morgan fingerprint density at radius 3 is 2.67 bits per heavy atom. The van der Waals surface area contributed by atoms with E-state index in [0.29, 0.717) is 17.5 Å². The van der Waals surface area contributed by atoms with Crippen LogP contribution in [-0.2, 0) is 4.74 Å². The van der Waals surface area contributed by atoms with E-state index in [1.54, 1.807) is 6.07 Å². The third-order valence-corrected chi connectivity index (χ3v) is 3.65. The molecule has 0 bridgehead atoms. The van der Waals surface area contributed by atoms with Gasteiger partial charge in [-0.15, -0.1) is 0 Å². The molecular weight excluding hydrogens is 229 g/mol. The number of rotatable bonds is 7. The number of ether oxygens (including phenoxy) is 1. The first-order valence-corrected chi connectivity index (χ1v) is 6.92. The number of halogens is 1. The highest BCUT2D eigenvalue weighted by atomic mass is 19.1. The van der Waals surface area contributed by atoms with Crippen molar-refractivity contribution in [1.82, 2.24) is 5.32 Å². The van der Waals surface area contributed by atoms with Crippen molar-refractivity contribution in [2.75, 3.05) is 13.2 Å². The van der Waals surface area contributed by atoms with Crippen molar-refractivity contribution in [1.29, 1.82) is 0 Å². The number of nitrogens with one attached hydrogen (secondary N) is 1. The monoisotopic (exact) mass is 249 g/mol. The largest absolute Gasteiger partial charge is 0.372 e. The molecule has 3 rings (SSSR count). The summed E-state index contributed by atoms with van der Waals surface area (Å²) in [5.74, 6) is 0.552. The van der Waals surface area contributed by atoms with Gasteiger partial charge in [-0.25, -0.2) is 4.39 Å². The molecule has 2 fully saturated rings. The standard InChI is InChI=1S/C15H20FNO/c16-14-4-2-1-3-13(14)15(9-17-12-7-8-12)18-10-11-5-6-11/h1-4,11-12,15,17H,5-10H2. The van der Waals surface area contributed by atoms with Gasteiger partial charge in [0, 0.05) is 18.2 Å². The van der Waals surface area contributed by atoms with E-state index in [-0.39, 0.29) is 11.9 Å². The third-order valence-electron chi connectivity index (χ3n) is 3.65. The molecule has 0 aromatic heterocycles. The molecule has 0 heterocycles. The molecule has 1 aromatic carbocycles. The summed E-state index contributed by atoms with van der Waals surface area (Å²) in [5, 5.41) is 3.43. The normalized spacial score (nSPS) is 20.9. The zero-order valence-electron chi connectivity index (χ0n) is 10.6. The fourth-order valence-corrected chi connectivity index (χ4v) is 2.09. The van der Waals surface area contributed by atoms with Gasteiger partial charge in [0.05, 0.1) is 12.7 Å². The molecule has 18 heavy (non-hydrogen) atoms. The minimum Gasteiger partial charge on any atom is -0.372 e. The lowest BCUT2D eigenvalue weighted by Crippen LogP contribution is -2.26. The Labute approximate surface area is 108 Å². The van der Waals surface area contributed by atoms with Crippen molar-refractivity contribution in [3.8, 4) is 0 Å². The van der Waals surface area contributed by atoms with E-state index in [1.807, 2.05) is 12.1 Å². The van der Waals surface area contributed by atoms with Gasteiger partial charge in [0.2, 0.25) is 0 Å². The van der Waals surface area contributed by atoms with Gasteiger partial charge in [-0.1, -0.05) is 18.2 Å². The summed E-state index contributed by atoms with van der Waals surface area (Å²) in [4.78, 5) is 0. The van der Waals surface area contributed by atoms with Gasteiger partial charge >= 0.3 is 0 Å². The molecule has 2 aliphatic rings. The van der Waals surface area contributed by atoms with Gasteiger partial charge in [-0.3, -0.25) is 0 Å². The molecule has 2 nitrogen and oxygen atoms in total. The van der Waals surface area contributed by atoms with E-state index in [4.69, 9.17) is 4.74 Å². The van der Waals surface area contributed by atoms with Gasteiger partial charge in [0.1, 0.15) is 5.82 Å². The summed E-state index contributed by atoms with van der Waals surface area (Å²) in [6.07, 6.45) is 4.87. The third kappa shape index (κ3) is 3.30. The quantitative estimate of drug-likeness (QED) is 0.802. The average Bonchev–Trinajstić information content (AvgIpc) is 3.26. The number of benzene rings is 1. The minimum absolute atomic E-state index is 0.146. The van der Waals surface area contributed by atoms with Crippen molar-refractivity contribution in [3.63, 3.8) is 0 Å². The summed E-state index contributed by atoms with van der Waals surface area (Å²) in [5.41, 5.74) is 0.686. The van der Waals surface area contributed by atoms with E-state index >= 15 is 0 Å². The zero-order chi connectivity index (χ0) is 12.4. The first-order valence-electron chi connectivity index (χ1n) is 6.92. The molecule has 3 heteroatoms. The highest BCUT2D eigenvalue weighted by Gasteiger charge is 2.27. The molecule has 2 aliphatic carbocycles. The van der Waals surface area contributed by atoms with E-state index in [2.05, 4.69) is 5.32 Å². The highest BCUT2D eigenvalue weighted by Crippen LogP contribution is 2.31. The fraction of sp³-hybridized carbons (Fsp3) is 0.600. The van der Waals surface area contributed by atoms with E-state index in [1.165, 1.54) is 31.7 Å². The Morgan fingerprint density at radius 2 is 2.00 bits per heavy atom. The fourth-order valence-electron chi connectivity index (χ4n) is 2.09. The topological polar surface area (TPSA) is 21.3 Å². The lowest BCUT2D eigenvalue weighted by molar-refractivity contribution is 0.0427. The van der Waals surface area contributed by atoms with Crippen LogP contribution in [-0.4, -0.2) is 19.2 Å². The molecule has 1 atom stereocenters. The number of hydrogen-bond acceptors (Lipinski definition) is 2. The van der Waals surface area contributed by atoms with Crippen LogP contribution in [0.25, 0.3) is 0 Å². The number of hydrogen-bond donors (Lipinski definition) is 1. The van der Waals surface area contributed by atoms with Crippen molar-refractivity contribution >= 4 is 0 Å².